The number of hydrogen-bond acceptors (Lipinski definition) is 2. The summed E-state index contributed by atoms with van der Waals surface area (Å²) >= 11 is 0. The van der Waals surface area contributed by atoms with Gasteiger partial charge >= 0.3 is 0 Å². The Hall–Kier alpha value is -0.0800. The molecule has 1 heterocycles. The van der Waals surface area contributed by atoms with Crippen molar-refractivity contribution in [3.8, 4) is 0 Å². The molecule has 2 nitrogen and oxygen atoms in total. The summed E-state index contributed by atoms with van der Waals surface area (Å²) in [6.45, 7) is 12.6. The van der Waals surface area contributed by atoms with Crippen LogP contribution in [0.1, 0.15) is 41.0 Å². The number of rotatable bonds is 3. The highest BCUT2D eigenvalue weighted by Crippen LogP contribution is 2.38. The van der Waals surface area contributed by atoms with Crippen molar-refractivity contribution in [2.45, 2.75) is 53.1 Å². The molecule has 1 rings (SSSR count). The van der Waals surface area contributed by atoms with E-state index in [4.69, 9.17) is 0 Å². The van der Waals surface area contributed by atoms with E-state index in [1.54, 1.807) is 0 Å². The van der Waals surface area contributed by atoms with E-state index >= 15 is 0 Å². The first kappa shape index (κ1) is 12.0. The Kier molecular flexibility index (Phi) is 3.59. The molecule has 14 heavy (non-hydrogen) atoms. The molecule has 0 aliphatic carbocycles. The normalized spacial score (nSPS) is 34.7. The standard InChI is InChI=1S/C12H25NO/c1-9(2)11-6-12(5,8-14)7-13(11)10(3)4/h9-11,14H,6-8H2,1-5H3/t11?,12-/m1/s1. The fourth-order valence-electron chi connectivity index (χ4n) is 2.54. The molecule has 1 aliphatic rings. The lowest BCUT2D eigenvalue weighted by Gasteiger charge is -2.30. The molecular formula is C12H25NO. The van der Waals surface area contributed by atoms with Gasteiger partial charge < -0.3 is 5.11 Å². The van der Waals surface area contributed by atoms with Gasteiger partial charge in [-0.1, -0.05) is 20.8 Å². The minimum Gasteiger partial charge on any atom is -0.396 e. The Morgan fingerprint density at radius 3 is 2.21 bits per heavy atom. The van der Waals surface area contributed by atoms with E-state index in [9.17, 15) is 5.11 Å². The maximum absolute atomic E-state index is 9.40. The van der Waals surface area contributed by atoms with Crippen LogP contribution in [0.25, 0.3) is 0 Å². The van der Waals surface area contributed by atoms with Gasteiger partial charge in [0.1, 0.15) is 0 Å². The quantitative estimate of drug-likeness (QED) is 0.752. The van der Waals surface area contributed by atoms with Crippen LogP contribution in [0.4, 0.5) is 0 Å². The molecule has 0 aromatic rings. The van der Waals surface area contributed by atoms with Gasteiger partial charge in [0, 0.05) is 30.7 Å². The highest BCUT2D eigenvalue weighted by molar-refractivity contribution is 4.95. The molecule has 0 spiro atoms. The van der Waals surface area contributed by atoms with Gasteiger partial charge in [-0.05, 0) is 26.2 Å². The van der Waals surface area contributed by atoms with E-state index in [0.717, 1.165) is 13.0 Å². The Morgan fingerprint density at radius 2 is 1.93 bits per heavy atom. The van der Waals surface area contributed by atoms with Crippen molar-refractivity contribution in [3.05, 3.63) is 0 Å². The Labute approximate surface area is 88.3 Å². The zero-order valence-corrected chi connectivity index (χ0v) is 10.2. The van der Waals surface area contributed by atoms with Crippen molar-refractivity contribution < 1.29 is 5.11 Å². The van der Waals surface area contributed by atoms with Crippen molar-refractivity contribution in [1.82, 2.24) is 4.90 Å². The third-order valence-corrected chi connectivity index (χ3v) is 3.51. The van der Waals surface area contributed by atoms with Crippen LogP contribution in [0.2, 0.25) is 0 Å². The molecule has 0 radical (unpaired) electrons. The summed E-state index contributed by atoms with van der Waals surface area (Å²) in [6.07, 6.45) is 1.14. The van der Waals surface area contributed by atoms with Gasteiger partial charge in [-0.3, -0.25) is 4.90 Å². The zero-order valence-electron chi connectivity index (χ0n) is 10.2. The minimum atomic E-state index is 0.124. The first-order chi connectivity index (χ1) is 6.39. The summed E-state index contributed by atoms with van der Waals surface area (Å²) in [5, 5.41) is 9.40. The summed E-state index contributed by atoms with van der Waals surface area (Å²) < 4.78 is 0. The second-order valence-corrected chi connectivity index (χ2v) is 5.75. The largest absolute Gasteiger partial charge is 0.396 e. The fraction of sp³-hybridized carbons (Fsp3) is 1.00. The van der Waals surface area contributed by atoms with Crippen LogP contribution in [0.5, 0.6) is 0 Å². The summed E-state index contributed by atoms with van der Waals surface area (Å²) in [5.74, 6) is 0.686. The van der Waals surface area contributed by atoms with Crippen molar-refractivity contribution in [3.63, 3.8) is 0 Å². The van der Waals surface area contributed by atoms with Crippen LogP contribution in [-0.4, -0.2) is 35.2 Å². The number of aliphatic hydroxyl groups excluding tert-OH is 1. The van der Waals surface area contributed by atoms with Gasteiger partial charge in [0.25, 0.3) is 0 Å². The van der Waals surface area contributed by atoms with Gasteiger partial charge in [0.2, 0.25) is 0 Å². The first-order valence-corrected chi connectivity index (χ1v) is 5.76. The predicted molar refractivity (Wildman–Crippen MR) is 60.3 cm³/mol. The van der Waals surface area contributed by atoms with E-state index < -0.39 is 0 Å². The number of aliphatic hydroxyl groups is 1. The Morgan fingerprint density at radius 1 is 1.36 bits per heavy atom. The Balaban J connectivity index is 2.75. The van der Waals surface area contributed by atoms with Gasteiger partial charge in [-0.15, -0.1) is 0 Å². The summed E-state index contributed by atoms with van der Waals surface area (Å²) in [4.78, 5) is 2.54. The van der Waals surface area contributed by atoms with Crippen LogP contribution in [0, 0.1) is 11.3 Å². The topological polar surface area (TPSA) is 23.5 Å². The van der Waals surface area contributed by atoms with Gasteiger partial charge in [0.05, 0.1) is 0 Å². The lowest BCUT2D eigenvalue weighted by Crippen LogP contribution is -2.39. The van der Waals surface area contributed by atoms with E-state index in [1.807, 2.05) is 0 Å². The molecule has 0 bridgehead atoms. The highest BCUT2D eigenvalue weighted by Gasteiger charge is 2.42. The second-order valence-electron chi connectivity index (χ2n) is 5.75. The lowest BCUT2D eigenvalue weighted by atomic mass is 9.86. The van der Waals surface area contributed by atoms with Crippen LogP contribution in [0.15, 0.2) is 0 Å². The molecule has 84 valence electrons. The number of likely N-dealkylation sites (tertiary alicyclic amines) is 1. The fourth-order valence-corrected chi connectivity index (χ4v) is 2.54. The van der Waals surface area contributed by atoms with Crippen LogP contribution >= 0.6 is 0 Å². The van der Waals surface area contributed by atoms with E-state index in [-0.39, 0.29) is 5.41 Å². The smallest absolute Gasteiger partial charge is 0.0497 e. The monoisotopic (exact) mass is 199 g/mol. The maximum atomic E-state index is 9.40. The summed E-state index contributed by atoms with van der Waals surface area (Å²) in [6, 6.07) is 1.24. The third kappa shape index (κ3) is 2.29. The molecule has 1 fully saturated rings. The van der Waals surface area contributed by atoms with Crippen LogP contribution in [-0.2, 0) is 0 Å². The van der Waals surface area contributed by atoms with Crippen LogP contribution < -0.4 is 0 Å². The third-order valence-electron chi connectivity index (χ3n) is 3.51. The van der Waals surface area contributed by atoms with Crippen molar-refractivity contribution in [2.75, 3.05) is 13.2 Å². The van der Waals surface area contributed by atoms with Crippen molar-refractivity contribution in [1.29, 1.82) is 0 Å². The molecule has 0 saturated carbocycles. The molecule has 2 heteroatoms. The summed E-state index contributed by atoms with van der Waals surface area (Å²) in [7, 11) is 0. The van der Waals surface area contributed by atoms with Crippen molar-refractivity contribution in [2.24, 2.45) is 11.3 Å². The van der Waals surface area contributed by atoms with Gasteiger partial charge in [-0.2, -0.15) is 0 Å². The lowest BCUT2D eigenvalue weighted by molar-refractivity contribution is 0.132. The minimum absolute atomic E-state index is 0.124. The summed E-state index contributed by atoms with van der Waals surface area (Å²) in [5.41, 5.74) is 0.124. The second kappa shape index (κ2) is 4.19. The van der Waals surface area contributed by atoms with E-state index in [2.05, 4.69) is 39.5 Å². The molecule has 1 aliphatic heterocycles. The molecule has 2 atom stereocenters. The average molecular weight is 199 g/mol. The molecule has 0 aromatic carbocycles. The maximum Gasteiger partial charge on any atom is 0.0497 e. The number of hydrogen-bond donors (Lipinski definition) is 1. The number of nitrogens with zero attached hydrogens (tertiary/aromatic N) is 1. The molecule has 0 amide bonds. The van der Waals surface area contributed by atoms with Crippen LogP contribution in [0.3, 0.4) is 0 Å². The van der Waals surface area contributed by atoms with Crippen molar-refractivity contribution >= 4 is 0 Å². The molecule has 1 N–H and O–H groups in total. The Bertz CT molecular complexity index is 173. The van der Waals surface area contributed by atoms with E-state index in [0.29, 0.717) is 24.6 Å². The molecule has 0 aromatic heterocycles. The SMILES string of the molecule is CC(C)C1C[C@@](C)(CO)CN1C(C)C. The predicted octanol–water partition coefficient (Wildman–Crippen LogP) is 2.12. The molecule has 1 saturated heterocycles. The highest BCUT2D eigenvalue weighted by atomic mass is 16.3. The average Bonchev–Trinajstić information content (AvgIpc) is 2.45. The first-order valence-electron chi connectivity index (χ1n) is 5.76. The molecule has 1 unspecified atom stereocenters. The van der Waals surface area contributed by atoms with Gasteiger partial charge in [0.15, 0.2) is 0 Å². The van der Waals surface area contributed by atoms with Gasteiger partial charge in [-0.25, -0.2) is 0 Å². The van der Waals surface area contributed by atoms with E-state index in [1.165, 1.54) is 0 Å². The molecular weight excluding hydrogens is 174 g/mol. The zero-order chi connectivity index (χ0) is 10.9.